The van der Waals surface area contributed by atoms with E-state index in [1.807, 2.05) is 59.5 Å². The van der Waals surface area contributed by atoms with Crippen LogP contribution in [0.4, 0.5) is 5.69 Å². The molecule has 4 rings (SSSR count). The maximum Gasteiger partial charge on any atom is 0.255 e. The van der Waals surface area contributed by atoms with Gasteiger partial charge in [0.1, 0.15) is 12.4 Å². The molecule has 0 aliphatic carbocycles. The molecular formula is C21H20N2O3. The highest BCUT2D eigenvalue weighted by atomic mass is 16.5. The van der Waals surface area contributed by atoms with Crippen molar-refractivity contribution in [3.8, 4) is 5.75 Å². The highest BCUT2D eigenvalue weighted by Crippen LogP contribution is 2.26. The van der Waals surface area contributed by atoms with Crippen LogP contribution in [0.5, 0.6) is 5.75 Å². The summed E-state index contributed by atoms with van der Waals surface area (Å²) < 4.78 is 5.65. The van der Waals surface area contributed by atoms with Crippen LogP contribution in [0.3, 0.4) is 0 Å². The van der Waals surface area contributed by atoms with Crippen LogP contribution in [0.2, 0.25) is 0 Å². The van der Waals surface area contributed by atoms with Gasteiger partial charge in [0.05, 0.1) is 5.57 Å². The molecular weight excluding hydrogens is 328 g/mol. The third-order valence-corrected chi connectivity index (χ3v) is 4.65. The normalized spacial score (nSPS) is 15.9. The van der Waals surface area contributed by atoms with E-state index < -0.39 is 0 Å². The number of nitrogens with one attached hydrogen (secondary N) is 1. The number of hydrogen-bond acceptors (Lipinski definition) is 3. The van der Waals surface area contributed by atoms with Crippen molar-refractivity contribution >= 4 is 23.6 Å². The minimum absolute atomic E-state index is 0.172. The predicted molar refractivity (Wildman–Crippen MR) is 99.6 cm³/mol. The summed E-state index contributed by atoms with van der Waals surface area (Å²) in [6, 6.07) is 15.3. The van der Waals surface area contributed by atoms with E-state index in [1.54, 1.807) is 0 Å². The van der Waals surface area contributed by atoms with Gasteiger partial charge in [-0.05, 0) is 36.3 Å². The van der Waals surface area contributed by atoms with Gasteiger partial charge in [-0.2, -0.15) is 0 Å². The number of para-hydroxylation sites is 1. The molecule has 1 N–H and O–H groups in total. The van der Waals surface area contributed by atoms with E-state index in [2.05, 4.69) is 5.32 Å². The van der Waals surface area contributed by atoms with Crippen LogP contribution in [0, 0.1) is 0 Å². The average Bonchev–Trinajstić information content (AvgIpc) is 3.06. The first kappa shape index (κ1) is 16.4. The highest BCUT2D eigenvalue weighted by Gasteiger charge is 2.20. The van der Waals surface area contributed by atoms with Crippen molar-refractivity contribution in [1.82, 2.24) is 4.90 Å². The van der Waals surface area contributed by atoms with Gasteiger partial charge in [0.2, 0.25) is 5.91 Å². The van der Waals surface area contributed by atoms with Crippen LogP contribution in [0.1, 0.15) is 24.0 Å². The summed E-state index contributed by atoms with van der Waals surface area (Å²) in [5.74, 6) is 0.817. The summed E-state index contributed by atoms with van der Waals surface area (Å²) in [7, 11) is 0. The maximum absolute atomic E-state index is 12.6. The zero-order valence-corrected chi connectivity index (χ0v) is 14.4. The number of ether oxygens (including phenoxy) is 1. The van der Waals surface area contributed by atoms with Crippen molar-refractivity contribution in [2.45, 2.75) is 19.4 Å². The molecule has 0 saturated carbocycles. The van der Waals surface area contributed by atoms with E-state index in [0.717, 1.165) is 35.5 Å². The van der Waals surface area contributed by atoms with Gasteiger partial charge in [-0.25, -0.2) is 0 Å². The van der Waals surface area contributed by atoms with E-state index in [4.69, 9.17) is 4.74 Å². The Balaban J connectivity index is 1.46. The third kappa shape index (κ3) is 3.47. The van der Waals surface area contributed by atoms with Crippen LogP contribution in [0.25, 0.3) is 6.08 Å². The quantitative estimate of drug-likeness (QED) is 0.923. The van der Waals surface area contributed by atoms with Crippen molar-refractivity contribution in [3.05, 3.63) is 65.2 Å². The van der Waals surface area contributed by atoms with Crippen molar-refractivity contribution < 1.29 is 14.3 Å². The number of benzene rings is 2. The largest absolute Gasteiger partial charge is 0.488 e. The van der Waals surface area contributed by atoms with Gasteiger partial charge in [-0.3, -0.25) is 9.59 Å². The Kier molecular flexibility index (Phi) is 4.44. The van der Waals surface area contributed by atoms with Crippen molar-refractivity contribution in [2.75, 3.05) is 18.5 Å². The number of likely N-dealkylation sites (tertiary alicyclic amines) is 1. The third-order valence-electron chi connectivity index (χ3n) is 4.65. The van der Waals surface area contributed by atoms with Crippen LogP contribution in [-0.2, 0) is 16.1 Å². The number of amides is 2. The second-order valence-corrected chi connectivity index (χ2v) is 6.57. The summed E-state index contributed by atoms with van der Waals surface area (Å²) in [6.45, 7) is 1.64. The number of carbonyl (C=O) groups is 2. The lowest BCUT2D eigenvalue weighted by Gasteiger charge is -2.18. The Hall–Kier alpha value is -3.08. The van der Waals surface area contributed by atoms with Gasteiger partial charge in [0.25, 0.3) is 5.91 Å². The molecule has 0 atom stereocenters. The molecule has 0 bridgehead atoms. The number of nitrogens with zero attached hydrogens (tertiary/aromatic N) is 1. The van der Waals surface area contributed by atoms with Crippen LogP contribution < -0.4 is 10.1 Å². The smallest absolute Gasteiger partial charge is 0.255 e. The second kappa shape index (κ2) is 7.04. The Labute approximate surface area is 152 Å². The van der Waals surface area contributed by atoms with E-state index in [-0.39, 0.29) is 18.4 Å². The van der Waals surface area contributed by atoms with E-state index in [1.165, 1.54) is 0 Å². The highest BCUT2D eigenvalue weighted by molar-refractivity contribution is 6.07. The van der Waals surface area contributed by atoms with Crippen LogP contribution in [0.15, 0.2) is 54.1 Å². The molecule has 1 fully saturated rings. The average molecular weight is 348 g/mol. The zero-order valence-electron chi connectivity index (χ0n) is 14.4. The number of anilines is 1. The fourth-order valence-electron chi connectivity index (χ4n) is 3.30. The summed E-state index contributed by atoms with van der Waals surface area (Å²) in [4.78, 5) is 26.2. The fraction of sp³-hybridized carbons (Fsp3) is 0.238. The van der Waals surface area contributed by atoms with Gasteiger partial charge in [-0.1, -0.05) is 30.3 Å². The molecule has 26 heavy (non-hydrogen) atoms. The SMILES string of the molecule is O=C(Nc1cccc(CN2CCCC2=O)c1)C1=Cc2ccccc2OC1. The number of fused-ring (bicyclic) bond motifs is 1. The Bertz CT molecular complexity index is 888. The molecule has 5 heteroatoms. The Morgan fingerprint density at radius 1 is 1.15 bits per heavy atom. The Morgan fingerprint density at radius 3 is 2.88 bits per heavy atom. The molecule has 2 amide bonds. The second-order valence-electron chi connectivity index (χ2n) is 6.57. The zero-order chi connectivity index (χ0) is 17.9. The molecule has 0 spiro atoms. The number of carbonyl (C=O) groups excluding carboxylic acids is 2. The first-order valence-corrected chi connectivity index (χ1v) is 8.79. The molecule has 132 valence electrons. The molecule has 0 aromatic heterocycles. The molecule has 0 radical (unpaired) electrons. The van der Waals surface area contributed by atoms with Gasteiger partial charge in [0, 0.05) is 30.8 Å². The van der Waals surface area contributed by atoms with E-state index in [0.29, 0.717) is 18.5 Å². The molecule has 2 aromatic carbocycles. The molecule has 2 aromatic rings. The lowest BCUT2D eigenvalue weighted by Crippen LogP contribution is -2.24. The summed E-state index contributed by atoms with van der Waals surface area (Å²) in [5, 5.41) is 2.93. The molecule has 2 heterocycles. The molecule has 2 aliphatic heterocycles. The van der Waals surface area contributed by atoms with Crippen LogP contribution >= 0.6 is 0 Å². The summed E-state index contributed by atoms with van der Waals surface area (Å²) >= 11 is 0. The first-order chi connectivity index (χ1) is 12.7. The van der Waals surface area contributed by atoms with Gasteiger partial charge >= 0.3 is 0 Å². The minimum Gasteiger partial charge on any atom is -0.488 e. The molecule has 5 nitrogen and oxygen atoms in total. The first-order valence-electron chi connectivity index (χ1n) is 8.79. The van der Waals surface area contributed by atoms with Crippen molar-refractivity contribution in [1.29, 1.82) is 0 Å². The molecule has 1 saturated heterocycles. The summed E-state index contributed by atoms with van der Waals surface area (Å²) in [5.41, 5.74) is 3.23. The monoisotopic (exact) mass is 348 g/mol. The van der Waals surface area contributed by atoms with Gasteiger partial charge in [0.15, 0.2) is 0 Å². The lowest BCUT2D eigenvalue weighted by molar-refractivity contribution is -0.128. The number of rotatable bonds is 4. The van der Waals surface area contributed by atoms with Gasteiger partial charge < -0.3 is 15.0 Å². The van der Waals surface area contributed by atoms with Gasteiger partial charge in [-0.15, -0.1) is 0 Å². The van der Waals surface area contributed by atoms with Crippen LogP contribution in [-0.4, -0.2) is 29.9 Å². The molecule has 2 aliphatic rings. The minimum atomic E-state index is -0.172. The maximum atomic E-state index is 12.6. The predicted octanol–water partition coefficient (Wildman–Crippen LogP) is 3.22. The topological polar surface area (TPSA) is 58.6 Å². The van der Waals surface area contributed by atoms with E-state index >= 15 is 0 Å². The fourth-order valence-corrected chi connectivity index (χ4v) is 3.30. The van der Waals surface area contributed by atoms with Crippen molar-refractivity contribution in [3.63, 3.8) is 0 Å². The summed E-state index contributed by atoms with van der Waals surface area (Å²) in [6.07, 6.45) is 3.41. The van der Waals surface area contributed by atoms with Crippen molar-refractivity contribution in [2.24, 2.45) is 0 Å². The lowest BCUT2D eigenvalue weighted by atomic mass is 10.1. The Morgan fingerprint density at radius 2 is 2.04 bits per heavy atom. The standard InChI is InChI=1S/C21H20N2O3/c24-20-9-4-10-23(20)13-15-5-3-7-18(11-15)22-21(25)17-12-16-6-1-2-8-19(16)26-14-17/h1-3,5-8,11-12H,4,9-10,13-14H2,(H,22,25). The number of hydrogen-bond donors (Lipinski definition) is 1. The van der Waals surface area contributed by atoms with E-state index in [9.17, 15) is 9.59 Å². The molecule has 0 unspecified atom stereocenters.